The van der Waals surface area contributed by atoms with E-state index in [1.807, 2.05) is 0 Å². The van der Waals surface area contributed by atoms with Gasteiger partial charge in [0.2, 0.25) is 0 Å². The predicted octanol–water partition coefficient (Wildman–Crippen LogP) is 1.43. The second-order valence-corrected chi connectivity index (χ2v) is 2.37. The SMILES string of the molecule is O=CC1CC=C(O)CC1. The topological polar surface area (TPSA) is 37.3 Å². The molecule has 1 aliphatic rings. The van der Waals surface area contributed by atoms with E-state index in [4.69, 9.17) is 5.11 Å². The van der Waals surface area contributed by atoms with E-state index in [2.05, 4.69) is 0 Å². The highest BCUT2D eigenvalue weighted by Crippen LogP contribution is 2.19. The lowest BCUT2D eigenvalue weighted by Gasteiger charge is -2.12. The molecule has 1 unspecified atom stereocenters. The van der Waals surface area contributed by atoms with Gasteiger partial charge in [0.15, 0.2) is 0 Å². The molecule has 0 spiro atoms. The van der Waals surface area contributed by atoms with Crippen molar-refractivity contribution in [1.29, 1.82) is 0 Å². The van der Waals surface area contributed by atoms with Crippen molar-refractivity contribution in [2.75, 3.05) is 0 Å². The molecule has 50 valence electrons. The molecular formula is C7H10O2. The number of allylic oxidation sites excluding steroid dienone is 2. The third-order valence-electron chi connectivity index (χ3n) is 1.62. The van der Waals surface area contributed by atoms with Crippen molar-refractivity contribution in [3.63, 3.8) is 0 Å². The van der Waals surface area contributed by atoms with Crippen LogP contribution in [0.1, 0.15) is 19.3 Å². The number of carbonyl (C=O) groups excluding carboxylic acids is 1. The molecule has 9 heavy (non-hydrogen) atoms. The van der Waals surface area contributed by atoms with Gasteiger partial charge in [-0.2, -0.15) is 0 Å². The van der Waals surface area contributed by atoms with Gasteiger partial charge in [-0.3, -0.25) is 0 Å². The molecule has 0 radical (unpaired) electrons. The summed E-state index contributed by atoms with van der Waals surface area (Å²) in [5.41, 5.74) is 0. The predicted molar refractivity (Wildman–Crippen MR) is 34.1 cm³/mol. The van der Waals surface area contributed by atoms with Crippen molar-refractivity contribution in [2.24, 2.45) is 5.92 Å². The summed E-state index contributed by atoms with van der Waals surface area (Å²) in [6.45, 7) is 0. The Morgan fingerprint density at radius 3 is 3.00 bits per heavy atom. The minimum atomic E-state index is 0.154. The van der Waals surface area contributed by atoms with Crippen molar-refractivity contribution < 1.29 is 9.90 Å². The summed E-state index contributed by atoms with van der Waals surface area (Å²) >= 11 is 0. The fourth-order valence-electron chi connectivity index (χ4n) is 0.964. The number of carbonyl (C=O) groups is 1. The average molecular weight is 126 g/mol. The second-order valence-electron chi connectivity index (χ2n) is 2.37. The van der Waals surface area contributed by atoms with Crippen LogP contribution >= 0.6 is 0 Å². The summed E-state index contributed by atoms with van der Waals surface area (Å²) in [6.07, 6.45) is 4.88. The Labute approximate surface area is 54.2 Å². The first-order valence-corrected chi connectivity index (χ1v) is 3.16. The Morgan fingerprint density at radius 1 is 1.78 bits per heavy atom. The van der Waals surface area contributed by atoms with Crippen LogP contribution in [-0.4, -0.2) is 11.4 Å². The normalized spacial score (nSPS) is 27.1. The Morgan fingerprint density at radius 2 is 2.56 bits per heavy atom. The van der Waals surface area contributed by atoms with Crippen molar-refractivity contribution in [2.45, 2.75) is 19.3 Å². The van der Waals surface area contributed by atoms with Crippen LogP contribution in [0.5, 0.6) is 0 Å². The third kappa shape index (κ3) is 1.56. The van der Waals surface area contributed by atoms with Crippen molar-refractivity contribution in [3.05, 3.63) is 11.8 Å². The quantitative estimate of drug-likeness (QED) is 0.539. The minimum absolute atomic E-state index is 0.154. The molecule has 1 N–H and O–H groups in total. The molecular weight excluding hydrogens is 116 g/mol. The van der Waals surface area contributed by atoms with Gasteiger partial charge >= 0.3 is 0 Å². The van der Waals surface area contributed by atoms with Gasteiger partial charge < -0.3 is 9.90 Å². The Kier molecular flexibility index (Phi) is 1.88. The molecule has 0 aromatic heterocycles. The minimum Gasteiger partial charge on any atom is -0.513 e. The standard InChI is InChI=1S/C7H10O2/c8-5-6-1-3-7(9)4-2-6/h3,5-6,9H,1-2,4H2. The molecule has 0 aromatic rings. The van der Waals surface area contributed by atoms with Crippen LogP contribution in [0.15, 0.2) is 11.8 Å². The molecule has 0 aromatic carbocycles. The van der Waals surface area contributed by atoms with Crippen LogP contribution in [0.4, 0.5) is 0 Å². The molecule has 1 atom stereocenters. The first-order valence-electron chi connectivity index (χ1n) is 3.16. The first kappa shape index (κ1) is 6.33. The zero-order chi connectivity index (χ0) is 6.69. The van der Waals surface area contributed by atoms with Crippen LogP contribution in [0.2, 0.25) is 0 Å². The Hall–Kier alpha value is -0.790. The van der Waals surface area contributed by atoms with E-state index >= 15 is 0 Å². The van der Waals surface area contributed by atoms with Gasteiger partial charge in [-0.05, 0) is 18.9 Å². The first-order chi connectivity index (χ1) is 4.33. The summed E-state index contributed by atoms with van der Waals surface area (Å²) in [4.78, 5) is 10.2. The summed E-state index contributed by atoms with van der Waals surface area (Å²) in [7, 11) is 0. The Balaban J connectivity index is 2.45. The van der Waals surface area contributed by atoms with Gasteiger partial charge in [0.25, 0.3) is 0 Å². The fourth-order valence-corrected chi connectivity index (χ4v) is 0.964. The highest BCUT2D eigenvalue weighted by atomic mass is 16.3. The zero-order valence-corrected chi connectivity index (χ0v) is 5.21. The number of aliphatic hydroxyl groups is 1. The van der Waals surface area contributed by atoms with Gasteiger partial charge in [-0.25, -0.2) is 0 Å². The molecule has 0 fully saturated rings. The maximum Gasteiger partial charge on any atom is 0.123 e. The molecule has 1 rings (SSSR count). The maximum absolute atomic E-state index is 10.2. The molecule has 0 bridgehead atoms. The molecule has 0 amide bonds. The van der Waals surface area contributed by atoms with Gasteiger partial charge in [-0.1, -0.05) is 0 Å². The summed E-state index contributed by atoms with van der Waals surface area (Å²) in [5.74, 6) is 0.592. The van der Waals surface area contributed by atoms with Crippen molar-refractivity contribution in [3.8, 4) is 0 Å². The van der Waals surface area contributed by atoms with Gasteiger partial charge in [0, 0.05) is 12.3 Å². The molecule has 2 heteroatoms. The van der Waals surface area contributed by atoms with E-state index < -0.39 is 0 Å². The highest BCUT2D eigenvalue weighted by Gasteiger charge is 2.11. The van der Waals surface area contributed by atoms with Gasteiger partial charge in [-0.15, -0.1) is 0 Å². The van der Waals surface area contributed by atoms with Crippen LogP contribution in [0.25, 0.3) is 0 Å². The van der Waals surface area contributed by atoms with Gasteiger partial charge in [0.1, 0.15) is 6.29 Å². The molecule has 0 saturated heterocycles. The molecule has 0 aliphatic heterocycles. The fraction of sp³-hybridized carbons (Fsp3) is 0.571. The molecule has 2 nitrogen and oxygen atoms in total. The molecule has 1 aliphatic carbocycles. The highest BCUT2D eigenvalue weighted by molar-refractivity contribution is 5.54. The molecule has 0 heterocycles. The lowest BCUT2D eigenvalue weighted by molar-refractivity contribution is -0.111. The number of rotatable bonds is 1. The molecule has 0 saturated carbocycles. The second kappa shape index (κ2) is 2.67. The lowest BCUT2D eigenvalue weighted by Crippen LogP contribution is -2.05. The summed E-state index contributed by atoms with van der Waals surface area (Å²) in [6, 6.07) is 0. The zero-order valence-electron chi connectivity index (χ0n) is 5.21. The third-order valence-corrected chi connectivity index (χ3v) is 1.62. The van der Waals surface area contributed by atoms with E-state index in [0.717, 1.165) is 19.1 Å². The number of aliphatic hydroxyl groups excluding tert-OH is 1. The Bertz CT molecular complexity index is 138. The number of hydrogen-bond donors (Lipinski definition) is 1. The number of hydrogen-bond acceptors (Lipinski definition) is 2. The van der Waals surface area contributed by atoms with Crippen LogP contribution in [0.3, 0.4) is 0 Å². The summed E-state index contributed by atoms with van der Waals surface area (Å²) < 4.78 is 0. The summed E-state index contributed by atoms with van der Waals surface area (Å²) in [5, 5.41) is 8.87. The number of aldehydes is 1. The maximum atomic E-state index is 10.2. The van der Waals surface area contributed by atoms with E-state index in [1.165, 1.54) is 0 Å². The van der Waals surface area contributed by atoms with E-state index in [9.17, 15) is 4.79 Å². The smallest absolute Gasteiger partial charge is 0.123 e. The van der Waals surface area contributed by atoms with E-state index in [-0.39, 0.29) is 5.92 Å². The average Bonchev–Trinajstić information content (AvgIpc) is 1.90. The largest absolute Gasteiger partial charge is 0.513 e. The monoisotopic (exact) mass is 126 g/mol. The van der Waals surface area contributed by atoms with Crippen molar-refractivity contribution in [1.82, 2.24) is 0 Å². The van der Waals surface area contributed by atoms with Gasteiger partial charge in [0.05, 0.1) is 5.76 Å². The van der Waals surface area contributed by atoms with Crippen LogP contribution in [-0.2, 0) is 4.79 Å². The van der Waals surface area contributed by atoms with Crippen LogP contribution in [0, 0.1) is 5.92 Å². The van der Waals surface area contributed by atoms with E-state index in [0.29, 0.717) is 12.2 Å². The lowest BCUT2D eigenvalue weighted by atomic mass is 9.95. The van der Waals surface area contributed by atoms with Crippen LogP contribution < -0.4 is 0 Å². The van der Waals surface area contributed by atoms with Crippen molar-refractivity contribution >= 4 is 6.29 Å². The van der Waals surface area contributed by atoms with E-state index in [1.54, 1.807) is 6.08 Å².